The van der Waals surface area contributed by atoms with Crippen LogP contribution < -0.4 is 0 Å². The molecule has 0 atom stereocenters. The highest BCUT2D eigenvalue weighted by molar-refractivity contribution is 8.22. The second-order valence-electron chi connectivity index (χ2n) is 4.61. The first-order chi connectivity index (χ1) is 9.39. The maximum Gasteiger partial charge on any atom is 0.0944 e. The van der Waals surface area contributed by atoms with E-state index in [2.05, 4.69) is 71.5 Å². The second-order valence-corrected chi connectivity index (χ2v) is 7.28. The molecular weight excluding hydrogens is 268 g/mol. The van der Waals surface area contributed by atoms with Crippen LogP contribution in [-0.4, -0.2) is 0 Å². The minimum absolute atomic E-state index is 0.164. The fourth-order valence-corrected chi connectivity index (χ4v) is 4.77. The number of thioether (sulfide) groups is 2. The van der Waals surface area contributed by atoms with E-state index in [-0.39, 0.29) is 4.08 Å². The standard InChI is InChI=1S/C17H16S2/c1-3-7-15(8-4-1)11-12-17(18-13-14-19-17)16-9-5-2-6-10-16/h1-10,13-14H,11-12H2. The highest BCUT2D eigenvalue weighted by atomic mass is 32.2. The Morgan fingerprint density at radius 3 is 1.95 bits per heavy atom. The summed E-state index contributed by atoms with van der Waals surface area (Å²) >= 11 is 3.89. The van der Waals surface area contributed by atoms with Gasteiger partial charge in [-0.05, 0) is 34.8 Å². The van der Waals surface area contributed by atoms with E-state index in [0.29, 0.717) is 0 Å². The number of benzene rings is 2. The zero-order valence-corrected chi connectivity index (χ0v) is 12.3. The Kier molecular flexibility index (Phi) is 4.00. The molecule has 1 heterocycles. The summed E-state index contributed by atoms with van der Waals surface area (Å²) < 4.78 is 0.164. The molecule has 1 aliphatic rings. The number of rotatable bonds is 4. The van der Waals surface area contributed by atoms with E-state index in [0.717, 1.165) is 12.8 Å². The predicted molar refractivity (Wildman–Crippen MR) is 87.2 cm³/mol. The van der Waals surface area contributed by atoms with Crippen molar-refractivity contribution in [3.05, 3.63) is 82.6 Å². The molecule has 0 spiro atoms. The molecule has 0 fully saturated rings. The monoisotopic (exact) mass is 284 g/mol. The summed E-state index contributed by atoms with van der Waals surface area (Å²) in [6.45, 7) is 0. The summed E-state index contributed by atoms with van der Waals surface area (Å²) in [5.41, 5.74) is 2.84. The minimum atomic E-state index is 0.164. The molecule has 0 radical (unpaired) electrons. The Bertz CT molecular complexity index is 538. The van der Waals surface area contributed by atoms with Crippen LogP contribution in [0.15, 0.2) is 71.5 Å². The molecule has 0 N–H and O–H groups in total. The van der Waals surface area contributed by atoms with Crippen molar-refractivity contribution in [1.82, 2.24) is 0 Å². The van der Waals surface area contributed by atoms with Crippen LogP contribution in [0, 0.1) is 0 Å². The first kappa shape index (κ1) is 12.9. The molecule has 3 rings (SSSR count). The highest BCUT2D eigenvalue weighted by Crippen LogP contribution is 2.55. The van der Waals surface area contributed by atoms with Crippen molar-refractivity contribution >= 4 is 23.5 Å². The summed E-state index contributed by atoms with van der Waals surface area (Å²) in [5, 5.41) is 4.45. The number of hydrogen-bond donors (Lipinski definition) is 0. The van der Waals surface area contributed by atoms with Gasteiger partial charge in [-0.15, -0.1) is 23.5 Å². The molecule has 0 saturated heterocycles. The van der Waals surface area contributed by atoms with Crippen molar-refractivity contribution < 1.29 is 0 Å². The topological polar surface area (TPSA) is 0 Å². The van der Waals surface area contributed by atoms with Crippen LogP contribution in [0.3, 0.4) is 0 Å². The van der Waals surface area contributed by atoms with Crippen molar-refractivity contribution in [3.8, 4) is 0 Å². The zero-order chi connectivity index (χ0) is 13.0. The van der Waals surface area contributed by atoms with Gasteiger partial charge in [0.2, 0.25) is 0 Å². The fraction of sp³-hybridized carbons (Fsp3) is 0.176. The third-order valence-corrected chi connectivity index (χ3v) is 6.31. The van der Waals surface area contributed by atoms with Gasteiger partial charge in [0.1, 0.15) is 0 Å². The Hall–Kier alpha value is -1.12. The van der Waals surface area contributed by atoms with Gasteiger partial charge in [-0.25, -0.2) is 0 Å². The molecule has 0 bridgehead atoms. The predicted octanol–water partition coefficient (Wildman–Crippen LogP) is 5.42. The second kappa shape index (κ2) is 5.89. The third kappa shape index (κ3) is 2.90. The average Bonchev–Trinajstić information content (AvgIpc) is 2.97. The van der Waals surface area contributed by atoms with Crippen LogP contribution >= 0.6 is 23.5 Å². The highest BCUT2D eigenvalue weighted by Gasteiger charge is 2.34. The Morgan fingerprint density at radius 2 is 1.32 bits per heavy atom. The molecule has 2 aromatic carbocycles. The van der Waals surface area contributed by atoms with Crippen LogP contribution in [0.2, 0.25) is 0 Å². The van der Waals surface area contributed by atoms with Crippen molar-refractivity contribution in [2.45, 2.75) is 16.9 Å². The van der Waals surface area contributed by atoms with Gasteiger partial charge in [0, 0.05) is 0 Å². The van der Waals surface area contributed by atoms with Gasteiger partial charge in [-0.3, -0.25) is 0 Å². The third-order valence-electron chi connectivity index (χ3n) is 3.37. The number of hydrogen-bond acceptors (Lipinski definition) is 2. The van der Waals surface area contributed by atoms with E-state index < -0.39 is 0 Å². The van der Waals surface area contributed by atoms with Gasteiger partial charge >= 0.3 is 0 Å². The summed E-state index contributed by atoms with van der Waals surface area (Å²) in [5.74, 6) is 0. The SMILES string of the molecule is C1=CSC(CCc2ccccc2)(c2ccccc2)S1. The molecule has 0 aromatic heterocycles. The lowest BCUT2D eigenvalue weighted by Gasteiger charge is -2.27. The molecule has 2 heteroatoms. The molecular formula is C17H16S2. The Morgan fingerprint density at radius 1 is 0.737 bits per heavy atom. The quantitative estimate of drug-likeness (QED) is 0.735. The van der Waals surface area contributed by atoms with Crippen LogP contribution in [0.25, 0.3) is 0 Å². The van der Waals surface area contributed by atoms with Gasteiger partial charge in [-0.1, -0.05) is 60.7 Å². The summed E-state index contributed by atoms with van der Waals surface area (Å²) in [7, 11) is 0. The van der Waals surface area contributed by atoms with Crippen molar-refractivity contribution in [1.29, 1.82) is 0 Å². The summed E-state index contributed by atoms with van der Waals surface area (Å²) in [6, 6.07) is 21.6. The first-order valence-electron chi connectivity index (χ1n) is 6.49. The first-order valence-corrected chi connectivity index (χ1v) is 8.25. The molecule has 19 heavy (non-hydrogen) atoms. The smallest absolute Gasteiger partial charge is 0.0944 e. The maximum absolute atomic E-state index is 2.25. The molecule has 2 aromatic rings. The molecule has 0 aliphatic carbocycles. The van der Waals surface area contributed by atoms with E-state index in [1.54, 1.807) is 0 Å². The largest absolute Gasteiger partial charge is 0.110 e. The maximum atomic E-state index is 2.25. The van der Waals surface area contributed by atoms with E-state index in [4.69, 9.17) is 0 Å². The minimum Gasteiger partial charge on any atom is -0.110 e. The van der Waals surface area contributed by atoms with E-state index >= 15 is 0 Å². The lowest BCUT2D eigenvalue weighted by atomic mass is 10.0. The average molecular weight is 284 g/mol. The van der Waals surface area contributed by atoms with Gasteiger partial charge in [0.05, 0.1) is 4.08 Å². The fourth-order valence-electron chi connectivity index (χ4n) is 2.35. The summed E-state index contributed by atoms with van der Waals surface area (Å²) in [6.07, 6.45) is 2.28. The molecule has 0 nitrogen and oxygen atoms in total. The van der Waals surface area contributed by atoms with Crippen LogP contribution in [0.1, 0.15) is 17.5 Å². The van der Waals surface area contributed by atoms with E-state index in [9.17, 15) is 0 Å². The molecule has 0 unspecified atom stereocenters. The van der Waals surface area contributed by atoms with Crippen molar-refractivity contribution in [2.24, 2.45) is 0 Å². The van der Waals surface area contributed by atoms with Crippen molar-refractivity contribution in [3.63, 3.8) is 0 Å². The lowest BCUT2D eigenvalue weighted by Crippen LogP contribution is -2.15. The van der Waals surface area contributed by atoms with Gasteiger partial charge in [-0.2, -0.15) is 0 Å². The Balaban J connectivity index is 1.79. The zero-order valence-electron chi connectivity index (χ0n) is 10.7. The molecule has 96 valence electrons. The molecule has 0 saturated carbocycles. The summed E-state index contributed by atoms with van der Waals surface area (Å²) in [4.78, 5) is 0. The van der Waals surface area contributed by atoms with Crippen molar-refractivity contribution in [2.75, 3.05) is 0 Å². The lowest BCUT2D eigenvalue weighted by molar-refractivity contribution is 0.760. The van der Waals surface area contributed by atoms with Crippen LogP contribution in [-0.2, 0) is 10.5 Å². The Labute approximate surface area is 123 Å². The molecule has 0 amide bonds. The molecule has 1 aliphatic heterocycles. The normalized spacial score (nSPS) is 16.6. The number of aryl methyl sites for hydroxylation is 1. The van der Waals surface area contributed by atoms with E-state index in [1.807, 2.05) is 23.5 Å². The van der Waals surface area contributed by atoms with Gasteiger partial charge in [0.25, 0.3) is 0 Å². The van der Waals surface area contributed by atoms with Crippen LogP contribution in [0.4, 0.5) is 0 Å². The van der Waals surface area contributed by atoms with Gasteiger partial charge in [0.15, 0.2) is 0 Å². The van der Waals surface area contributed by atoms with E-state index in [1.165, 1.54) is 11.1 Å². The van der Waals surface area contributed by atoms with Crippen LogP contribution in [0.5, 0.6) is 0 Å². The van der Waals surface area contributed by atoms with Gasteiger partial charge < -0.3 is 0 Å².